The maximum Gasteiger partial charge on any atom is 0.365 e. The number of hydrogen-bond donors (Lipinski definition) is 2. The molecule has 0 bridgehead atoms. The van der Waals surface area contributed by atoms with Crippen LogP contribution < -0.4 is 10.1 Å². The lowest BCUT2D eigenvalue weighted by atomic mass is 10.1. The number of fused-ring (bicyclic) bond motifs is 1. The van der Waals surface area contributed by atoms with E-state index in [2.05, 4.69) is 15.3 Å². The predicted molar refractivity (Wildman–Crippen MR) is 73.6 cm³/mol. The molecule has 0 fully saturated rings. The zero-order chi connectivity index (χ0) is 14.8. The number of nitrogens with zero attached hydrogens (tertiary/aromatic N) is 2. The van der Waals surface area contributed by atoms with Gasteiger partial charge in [0.05, 0.1) is 12.6 Å². The van der Waals surface area contributed by atoms with Gasteiger partial charge in [-0.3, -0.25) is 9.78 Å². The number of carboxylic acids is 1. The van der Waals surface area contributed by atoms with Crippen LogP contribution in [-0.4, -0.2) is 33.6 Å². The number of carbonyl (C=O) groups excluding carboxylic acids is 1. The minimum Gasteiger partial charge on any atom is -0.491 e. The highest BCUT2D eigenvalue weighted by molar-refractivity contribution is 7.11. The number of hydrogen-bond acceptors (Lipinski definition) is 6. The molecule has 3 rings (SSSR count). The van der Waals surface area contributed by atoms with Gasteiger partial charge in [-0.2, -0.15) is 0 Å². The van der Waals surface area contributed by atoms with Crippen molar-refractivity contribution in [2.75, 3.05) is 6.61 Å². The first kappa shape index (κ1) is 13.5. The Bertz CT molecular complexity index is 700. The molecule has 0 aromatic carbocycles. The van der Waals surface area contributed by atoms with Crippen LogP contribution in [0.2, 0.25) is 0 Å². The van der Waals surface area contributed by atoms with Gasteiger partial charge in [-0.05, 0) is 12.1 Å². The van der Waals surface area contributed by atoms with Gasteiger partial charge in [-0.25, -0.2) is 9.78 Å². The molecule has 3 heterocycles. The zero-order valence-corrected chi connectivity index (χ0v) is 11.6. The second-order valence-corrected chi connectivity index (χ2v) is 5.25. The van der Waals surface area contributed by atoms with Crippen LogP contribution in [0.15, 0.2) is 23.7 Å². The van der Waals surface area contributed by atoms with Crippen LogP contribution in [-0.2, 0) is 0 Å². The minimum absolute atomic E-state index is 0.0985. The van der Waals surface area contributed by atoms with Gasteiger partial charge in [0, 0.05) is 18.0 Å². The largest absolute Gasteiger partial charge is 0.491 e. The van der Waals surface area contributed by atoms with Gasteiger partial charge in [0.1, 0.15) is 17.1 Å². The lowest BCUT2D eigenvalue weighted by Gasteiger charge is -2.25. The van der Waals surface area contributed by atoms with E-state index in [0.717, 1.165) is 11.3 Å². The van der Waals surface area contributed by atoms with Gasteiger partial charge in [0.2, 0.25) is 5.01 Å². The highest BCUT2D eigenvalue weighted by Gasteiger charge is 2.25. The average molecular weight is 305 g/mol. The van der Waals surface area contributed by atoms with E-state index in [1.165, 1.54) is 5.38 Å². The van der Waals surface area contributed by atoms with Crippen molar-refractivity contribution in [2.24, 2.45) is 0 Å². The molecule has 8 heteroatoms. The highest BCUT2D eigenvalue weighted by atomic mass is 32.1. The van der Waals surface area contributed by atoms with E-state index >= 15 is 0 Å². The Hall–Kier alpha value is -2.48. The van der Waals surface area contributed by atoms with Crippen LogP contribution in [0.5, 0.6) is 5.75 Å². The smallest absolute Gasteiger partial charge is 0.365 e. The average Bonchev–Trinajstić information content (AvgIpc) is 2.98. The molecule has 7 nitrogen and oxygen atoms in total. The van der Waals surface area contributed by atoms with E-state index in [0.29, 0.717) is 24.5 Å². The third kappa shape index (κ3) is 2.70. The van der Waals surface area contributed by atoms with Crippen LogP contribution in [0.4, 0.5) is 0 Å². The minimum atomic E-state index is -1.14. The molecule has 1 aliphatic heterocycles. The van der Waals surface area contributed by atoms with Crippen LogP contribution in [0.25, 0.3) is 0 Å². The molecule has 0 saturated heterocycles. The fourth-order valence-corrected chi connectivity index (χ4v) is 2.69. The summed E-state index contributed by atoms with van der Waals surface area (Å²) >= 11 is 0.922. The maximum absolute atomic E-state index is 12.1. The fraction of sp³-hybridized carbons (Fsp3) is 0.231. The lowest BCUT2D eigenvalue weighted by molar-refractivity contribution is 0.0696. The number of carboxylic acid groups (broad SMARTS) is 1. The van der Waals surface area contributed by atoms with E-state index in [9.17, 15) is 9.59 Å². The van der Waals surface area contributed by atoms with E-state index < -0.39 is 11.9 Å². The van der Waals surface area contributed by atoms with Crippen LogP contribution in [0.1, 0.15) is 38.4 Å². The number of pyridine rings is 1. The molecule has 1 amide bonds. The van der Waals surface area contributed by atoms with Crippen molar-refractivity contribution in [3.05, 3.63) is 40.1 Å². The van der Waals surface area contributed by atoms with Gasteiger partial charge in [0.25, 0.3) is 5.91 Å². The normalized spacial score (nSPS) is 16.7. The number of aromatic nitrogens is 2. The maximum atomic E-state index is 12.1. The molecule has 1 aliphatic rings. The van der Waals surface area contributed by atoms with Crippen molar-refractivity contribution >= 4 is 23.2 Å². The summed E-state index contributed by atoms with van der Waals surface area (Å²) in [5.41, 5.74) is 0.771. The van der Waals surface area contributed by atoms with Crippen LogP contribution in [0, 0.1) is 0 Å². The summed E-state index contributed by atoms with van der Waals surface area (Å²) in [6.45, 7) is 0.487. The monoisotopic (exact) mass is 305 g/mol. The SMILES string of the molecule is O=C(NC1CCOc2cccnc21)c1csc(C(=O)O)n1. The highest BCUT2D eigenvalue weighted by Crippen LogP contribution is 2.29. The summed E-state index contributed by atoms with van der Waals surface area (Å²) in [5, 5.41) is 13.0. The molecule has 0 spiro atoms. The first-order valence-corrected chi connectivity index (χ1v) is 7.10. The number of aromatic carboxylic acids is 1. The molecule has 2 aromatic heterocycles. The molecule has 1 atom stereocenters. The molecule has 0 radical (unpaired) electrons. The second-order valence-electron chi connectivity index (χ2n) is 4.39. The number of carbonyl (C=O) groups is 2. The topological polar surface area (TPSA) is 101 Å². The number of amides is 1. The Morgan fingerprint density at radius 1 is 1.48 bits per heavy atom. The molecule has 2 aromatic rings. The first-order chi connectivity index (χ1) is 10.1. The van der Waals surface area contributed by atoms with Crippen LogP contribution in [0.3, 0.4) is 0 Å². The molecule has 21 heavy (non-hydrogen) atoms. The van der Waals surface area contributed by atoms with Crippen molar-refractivity contribution in [2.45, 2.75) is 12.5 Å². The Labute approximate surface area is 123 Å². The molecule has 108 valence electrons. The van der Waals surface area contributed by atoms with Crippen molar-refractivity contribution in [3.8, 4) is 5.75 Å². The van der Waals surface area contributed by atoms with Gasteiger partial charge < -0.3 is 15.2 Å². The van der Waals surface area contributed by atoms with Gasteiger partial charge in [-0.1, -0.05) is 0 Å². The second kappa shape index (κ2) is 5.49. The molecule has 1 unspecified atom stereocenters. The summed E-state index contributed by atoms with van der Waals surface area (Å²) < 4.78 is 5.47. The summed E-state index contributed by atoms with van der Waals surface area (Å²) in [5.74, 6) is -0.905. The summed E-state index contributed by atoms with van der Waals surface area (Å²) in [6, 6.07) is 3.30. The van der Waals surface area contributed by atoms with E-state index in [-0.39, 0.29) is 16.7 Å². The molecule has 0 aliphatic carbocycles. The predicted octanol–water partition coefficient (Wildman–Crippen LogP) is 1.49. The third-order valence-electron chi connectivity index (χ3n) is 3.02. The Kier molecular flexibility index (Phi) is 3.53. The molecule has 0 saturated carbocycles. The standard InChI is InChI=1S/C13H11N3O4S/c17-11(8-6-21-12(16-8)13(18)19)15-7-3-5-20-9-2-1-4-14-10(7)9/h1-2,4,6-7H,3,5H2,(H,15,17)(H,18,19). The molecule has 2 N–H and O–H groups in total. The van der Waals surface area contributed by atoms with Crippen molar-refractivity contribution < 1.29 is 19.4 Å². The number of thiazole rings is 1. The Morgan fingerprint density at radius 3 is 3.10 bits per heavy atom. The summed E-state index contributed by atoms with van der Waals surface area (Å²) in [6.07, 6.45) is 2.24. The zero-order valence-electron chi connectivity index (χ0n) is 10.8. The lowest BCUT2D eigenvalue weighted by Crippen LogP contribution is -2.33. The Morgan fingerprint density at radius 2 is 2.33 bits per heavy atom. The molecular formula is C13H11N3O4S. The van der Waals surface area contributed by atoms with E-state index in [1.807, 2.05) is 0 Å². The van der Waals surface area contributed by atoms with Gasteiger partial charge in [0.15, 0.2) is 0 Å². The van der Waals surface area contributed by atoms with Gasteiger partial charge in [-0.15, -0.1) is 11.3 Å². The van der Waals surface area contributed by atoms with Gasteiger partial charge >= 0.3 is 5.97 Å². The summed E-state index contributed by atoms with van der Waals surface area (Å²) in [7, 11) is 0. The number of ether oxygens (including phenoxy) is 1. The summed E-state index contributed by atoms with van der Waals surface area (Å²) in [4.78, 5) is 30.9. The quantitative estimate of drug-likeness (QED) is 0.891. The Balaban J connectivity index is 1.77. The number of nitrogens with one attached hydrogen (secondary N) is 1. The first-order valence-electron chi connectivity index (χ1n) is 6.22. The fourth-order valence-electron chi connectivity index (χ4n) is 2.06. The van der Waals surface area contributed by atoms with Crippen molar-refractivity contribution in [3.63, 3.8) is 0 Å². The van der Waals surface area contributed by atoms with Crippen LogP contribution >= 0.6 is 11.3 Å². The van der Waals surface area contributed by atoms with E-state index in [4.69, 9.17) is 9.84 Å². The van der Waals surface area contributed by atoms with Crippen molar-refractivity contribution in [1.82, 2.24) is 15.3 Å². The number of rotatable bonds is 3. The van der Waals surface area contributed by atoms with E-state index in [1.54, 1.807) is 18.3 Å². The van der Waals surface area contributed by atoms with Crippen molar-refractivity contribution in [1.29, 1.82) is 0 Å². The third-order valence-corrected chi connectivity index (χ3v) is 3.85. The molecular weight excluding hydrogens is 294 g/mol.